The Kier molecular flexibility index (Phi) is 10.5. The van der Waals surface area contributed by atoms with Crippen molar-refractivity contribution < 1.29 is 28.5 Å². The molecule has 0 radical (unpaired) electrons. The van der Waals surface area contributed by atoms with Gasteiger partial charge in [-0.15, -0.1) is 6.42 Å². The van der Waals surface area contributed by atoms with Crippen LogP contribution in [0.2, 0.25) is 0 Å². The van der Waals surface area contributed by atoms with E-state index in [4.69, 9.17) is 30.1 Å². The molecule has 194 valence electrons. The van der Waals surface area contributed by atoms with Crippen molar-refractivity contribution in [3.8, 4) is 12.3 Å². The Morgan fingerprint density at radius 3 is 1.78 bits per heavy atom. The minimum Gasteiger partial charge on any atom is -0.377 e. The molecule has 37 heavy (non-hydrogen) atoms. The average molecular weight is 504 g/mol. The summed E-state index contributed by atoms with van der Waals surface area (Å²) >= 11 is 0. The van der Waals surface area contributed by atoms with Gasteiger partial charge in [0.25, 0.3) is 5.91 Å². The molecule has 0 aliphatic carbocycles. The van der Waals surface area contributed by atoms with E-state index in [9.17, 15) is 4.79 Å². The molecular formula is C30H33NO6. The highest BCUT2D eigenvalue weighted by Gasteiger charge is 2.14. The van der Waals surface area contributed by atoms with E-state index in [2.05, 4.69) is 47.6 Å². The zero-order valence-corrected chi connectivity index (χ0v) is 21.0. The molecule has 0 atom stereocenters. The molecule has 4 aromatic carbocycles. The fraction of sp³-hybridized carbons (Fsp3) is 0.367. The molecule has 4 aromatic rings. The summed E-state index contributed by atoms with van der Waals surface area (Å²) in [6.45, 7) is 5.03. The minimum atomic E-state index is -0.0981. The molecule has 1 N–H and O–H groups in total. The Labute approximate surface area is 217 Å². The van der Waals surface area contributed by atoms with Crippen LogP contribution in [0, 0.1) is 12.3 Å². The lowest BCUT2D eigenvalue weighted by Crippen LogP contribution is -2.27. The van der Waals surface area contributed by atoms with Crippen molar-refractivity contribution in [3.05, 3.63) is 60.2 Å². The number of carbonyl (C=O) groups excluding carboxylic acids is 1. The van der Waals surface area contributed by atoms with E-state index in [0.717, 1.165) is 16.2 Å². The van der Waals surface area contributed by atoms with Crippen molar-refractivity contribution in [3.63, 3.8) is 0 Å². The largest absolute Gasteiger partial charge is 0.377 e. The van der Waals surface area contributed by atoms with E-state index in [1.165, 1.54) is 16.2 Å². The highest BCUT2D eigenvalue weighted by molar-refractivity contribution is 6.26. The number of hydrogen-bond acceptors (Lipinski definition) is 6. The number of carbonyl (C=O) groups is 1. The van der Waals surface area contributed by atoms with Crippen LogP contribution in [0.1, 0.15) is 10.4 Å². The molecule has 0 aliphatic heterocycles. The molecule has 7 heteroatoms. The van der Waals surface area contributed by atoms with Gasteiger partial charge in [-0.05, 0) is 38.4 Å². The lowest BCUT2D eigenvalue weighted by Gasteiger charge is -2.14. The van der Waals surface area contributed by atoms with E-state index >= 15 is 0 Å². The molecule has 1 amide bonds. The van der Waals surface area contributed by atoms with Crippen LogP contribution in [-0.4, -0.2) is 78.5 Å². The normalized spacial score (nSPS) is 11.4. The molecule has 0 bridgehead atoms. The third-order valence-electron chi connectivity index (χ3n) is 5.98. The van der Waals surface area contributed by atoms with Gasteiger partial charge in [-0.1, -0.05) is 54.5 Å². The van der Waals surface area contributed by atoms with Gasteiger partial charge >= 0.3 is 0 Å². The molecule has 0 saturated carbocycles. The zero-order valence-electron chi connectivity index (χ0n) is 21.0. The van der Waals surface area contributed by atoms with Crippen LogP contribution in [0.25, 0.3) is 32.3 Å². The molecule has 0 heterocycles. The summed E-state index contributed by atoms with van der Waals surface area (Å²) in [5.74, 6) is 2.30. The van der Waals surface area contributed by atoms with Crippen molar-refractivity contribution in [1.29, 1.82) is 0 Å². The summed E-state index contributed by atoms with van der Waals surface area (Å²) < 4.78 is 26.9. The SMILES string of the molecule is C#CCOCCOCCOCCOCCOCCNC(=O)c1ccc2ccc3cccc4ccc1c2c34. The van der Waals surface area contributed by atoms with Gasteiger partial charge in [0.15, 0.2) is 0 Å². The molecule has 0 fully saturated rings. The predicted octanol–water partition coefficient (Wildman–Crippen LogP) is 4.03. The first-order chi connectivity index (χ1) is 18.3. The third-order valence-corrected chi connectivity index (χ3v) is 5.98. The van der Waals surface area contributed by atoms with E-state index < -0.39 is 0 Å². The second-order valence-electron chi connectivity index (χ2n) is 8.43. The maximum atomic E-state index is 12.9. The first-order valence-corrected chi connectivity index (χ1v) is 12.6. The number of amides is 1. The average Bonchev–Trinajstić information content (AvgIpc) is 2.93. The van der Waals surface area contributed by atoms with E-state index in [1.54, 1.807) is 0 Å². The summed E-state index contributed by atoms with van der Waals surface area (Å²) in [6.07, 6.45) is 5.09. The smallest absolute Gasteiger partial charge is 0.251 e. The van der Waals surface area contributed by atoms with Gasteiger partial charge in [0.1, 0.15) is 6.61 Å². The van der Waals surface area contributed by atoms with E-state index in [1.807, 2.05) is 18.2 Å². The van der Waals surface area contributed by atoms with Crippen molar-refractivity contribution in [2.24, 2.45) is 0 Å². The minimum absolute atomic E-state index is 0.0981. The van der Waals surface area contributed by atoms with Crippen LogP contribution in [0.3, 0.4) is 0 Å². The second kappa shape index (κ2) is 14.5. The molecule has 4 rings (SSSR count). The lowest BCUT2D eigenvalue weighted by atomic mass is 9.92. The monoisotopic (exact) mass is 503 g/mol. The fourth-order valence-electron chi connectivity index (χ4n) is 4.28. The number of nitrogens with one attached hydrogen (secondary N) is 1. The van der Waals surface area contributed by atoms with Gasteiger partial charge in [0.05, 0.1) is 59.5 Å². The van der Waals surface area contributed by atoms with Crippen LogP contribution in [0.4, 0.5) is 0 Å². The van der Waals surface area contributed by atoms with Gasteiger partial charge in [-0.25, -0.2) is 0 Å². The van der Waals surface area contributed by atoms with Crippen LogP contribution in [0.15, 0.2) is 54.6 Å². The summed E-state index contributed by atoms with van der Waals surface area (Å²) in [5.41, 5.74) is 0.678. The molecule has 0 saturated heterocycles. The van der Waals surface area contributed by atoms with Gasteiger partial charge < -0.3 is 29.0 Å². The number of ether oxygens (including phenoxy) is 5. The maximum absolute atomic E-state index is 12.9. The van der Waals surface area contributed by atoms with Crippen molar-refractivity contribution in [1.82, 2.24) is 5.32 Å². The Bertz CT molecular complexity index is 1300. The van der Waals surface area contributed by atoms with E-state index in [0.29, 0.717) is 78.2 Å². The Morgan fingerprint density at radius 1 is 0.649 bits per heavy atom. The number of rotatable bonds is 17. The highest BCUT2D eigenvalue weighted by Crippen LogP contribution is 2.35. The van der Waals surface area contributed by atoms with Crippen LogP contribution in [-0.2, 0) is 23.7 Å². The first-order valence-electron chi connectivity index (χ1n) is 12.6. The van der Waals surface area contributed by atoms with Crippen molar-refractivity contribution >= 4 is 38.2 Å². The topological polar surface area (TPSA) is 75.2 Å². The first kappa shape index (κ1) is 26.8. The third kappa shape index (κ3) is 7.39. The number of terminal acetylenes is 1. The van der Waals surface area contributed by atoms with Gasteiger partial charge in [0, 0.05) is 12.1 Å². The summed E-state index contributed by atoms with van der Waals surface area (Å²) in [4.78, 5) is 12.9. The van der Waals surface area contributed by atoms with Crippen molar-refractivity contribution in [2.75, 3.05) is 72.6 Å². The van der Waals surface area contributed by atoms with Gasteiger partial charge in [-0.3, -0.25) is 4.79 Å². The van der Waals surface area contributed by atoms with Crippen LogP contribution < -0.4 is 5.32 Å². The maximum Gasteiger partial charge on any atom is 0.251 e. The highest BCUT2D eigenvalue weighted by atomic mass is 16.6. The summed E-state index contributed by atoms with van der Waals surface area (Å²) in [7, 11) is 0. The van der Waals surface area contributed by atoms with Gasteiger partial charge in [-0.2, -0.15) is 0 Å². The molecule has 0 unspecified atom stereocenters. The molecule has 0 aliphatic rings. The predicted molar refractivity (Wildman–Crippen MR) is 145 cm³/mol. The molecular weight excluding hydrogens is 470 g/mol. The molecule has 7 nitrogen and oxygen atoms in total. The lowest BCUT2D eigenvalue weighted by molar-refractivity contribution is -0.00884. The Hall–Kier alpha value is -3.25. The molecule has 0 spiro atoms. The van der Waals surface area contributed by atoms with Crippen LogP contribution in [0.5, 0.6) is 0 Å². The molecule has 0 aromatic heterocycles. The number of hydrogen-bond donors (Lipinski definition) is 1. The zero-order chi connectivity index (χ0) is 25.7. The standard InChI is InChI=1S/C30H33NO6/c1-2-13-33-15-17-35-19-21-37-22-20-36-18-16-34-14-12-31-30(32)27-11-9-25-7-6-23-4-3-5-24-8-10-26(27)29(25)28(23)24/h1,3-11H,12-22H2,(H,31,32). The quantitative estimate of drug-likeness (QED) is 0.133. The van der Waals surface area contributed by atoms with Crippen LogP contribution >= 0.6 is 0 Å². The van der Waals surface area contributed by atoms with Crippen molar-refractivity contribution in [2.45, 2.75) is 0 Å². The second-order valence-corrected chi connectivity index (χ2v) is 8.43. The Balaban J connectivity index is 1.09. The van der Waals surface area contributed by atoms with E-state index in [-0.39, 0.29) is 5.91 Å². The van der Waals surface area contributed by atoms with Gasteiger partial charge in [0.2, 0.25) is 0 Å². The number of benzene rings is 4. The Morgan fingerprint density at radius 2 is 1.16 bits per heavy atom. The summed E-state index contributed by atoms with van der Waals surface area (Å²) in [6, 6.07) is 18.6. The fourth-order valence-corrected chi connectivity index (χ4v) is 4.28. The summed E-state index contributed by atoms with van der Waals surface area (Å²) in [5, 5.41) is 9.79.